The van der Waals surface area contributed by atoms with Crippen molar-refractivity contribution in [3.8, 4) is 22.8 Å². The molecule has 0 spiro atoms. The smallest absolute Gasteiger partial charge is 0.226 e. The molecule has 0 aliphatic heterocycles. The van der Waals surface area contributed by atoms with E-state index in [9.17, 15) is 0 Å². The largest absolute Gasteiger partial charge is 0.457 e. The second-order valence-electron chi connectivity index (χ2n) is 3.96. The quantitative estimate of drug-likeness (QED) is 0.687. The van der Waals surface area contributed by atoms with Gasteiger partial charge in [0.15, 0.2) is 0 Å². The third kappa shape index (κ3) is 2.77. The number of hydrogen-bond donors (Lipinski definition) is 0. The first kappa shape index (κ1) is 11.8. The van der Waals surface area contributed by atoms with E-state index in [1.807, 2.05) is 54.6 Å². The lowest BCUT2D eigenvalue weighted by molar-refractivity contribution is 0.424. The third-order valence-corrected chi connectivity index (χ3v) is 2.77. The zero-order chi connectivity index (χ0) is 13.1. The topological polar surface area (TPSA) is 35.3 Å². The van der Waals surface area contributed by atoms with Crippen LogP contribution in [0.25, 0.3) is 11.3 Å². The van der Waals surface area contributed by atoms with Gasteiger partial charge >= 0.3 is 0 Å². The normalized spacial score (nSPS) is 10.4. The van der Waals surface area contributed by atoms with E-state index in [0.29, 0.717) is 5.69 Å². The van der Waals surface area contributed by atoms with Gasteiger partial charge in [-0.25, -0.2) is 0 Å². The van der Waals surface area contributed by atoms with Gasteiger partial charge in [0.2, 0.25) is 5.22 Å². The van der Waals surface area contributed by atoms with Crippen molar-refractivity contribution in [2.24, 2.45) is 0 Å². The molecular weight excluding hydrogens is 262 g/mol. The lowest BCUT2D eigenvalue weighted by Crippen LogP contribution is -1.84. The molecule has 0 atom stereocenters. The Hall–Kier alpha value is -2.26. The van der Waals surface area contributed by atoms with Crippen LogP contribution < -0.4 is 4.74 Å². The number of para-hydroxylation sites is 1. The summed E-state index contributed by atoms with van der Waals surface area (Å²) in [6, 6.07) is 18.9. The summed E-state index contributed by atoms with van der Waals surface area (Å²) < 4.78 is 10.6. The van der Waals surface area contributed by atoms with Crippen LogP contribution in [0.2, 0.25) is 5.22 Å². The second kappa shape index (κ2) is 5.16. The maximum atomic E-state index is 5.76. The van der Waals surface area contributed by atoms with E-state index < -0.39 is 0 Å². The number of aromatic nitrogens is 1. The summed E-state index contributed by atoms with van der Waals surface area (Å²) in [4.78, 5) is 0. The molecule has 3 rings (SSSR count). The number of hydrogen-bond acceptors (Lipinski definition) is 3. The van der Waals surface area contributed by atoms with Gasteiger partial charge in [-0.2, -0.15) is 0 Å². The van der Waals surface area contributed by atoms with E-state index in [0.717, 1.165) is 17.1 Å². The van der Waals surface area contributed by atoms with Crippen molar-refractivity contribution in [3.63, 3.8) is 0 Å². The van der Waals surface area contributed by atoms with Gasteiger partial charge in [0.05, 0.1) is 0 Å². The highest BCUT2D eigenvalue weighted by atomic mass is 35.5. The minimum absolute atomic E-state index is 0.268. The Morgan fingerprint density at radius 3 is 2.42 bits per heavy atom. The molecule has 0 fully saturated rings. The Balaban J connectivity index is 1.88. The first-order valence-electron chi connectivity index (χ1n) is 5.77. The first-order valence-corrected chi connectivity index (χ1v) is 6.14. The Labute approximate surface area is 115 Å². The number of rotatable bonds is 3. The maximum absolute atomic E-state index is 5.76. The van der Waals surface area contributed by atoms with Crippen molar-refractivity contribution in [1.29, 1.82) is 0 Å². The maximum Gasteiger partial charge on any atom is 0.226 e. The SMILES string of the molecule is Clc1cc(-c2cccc(Oc3ccccc3)c2)no1. The summed E-state index contributed by atoms with van der Waals surface area (Å²) in [5.41, 5.74) is 1.58. The lowest BCUT2D eigenvalue weighted by Gasteiger charge is -2.06. The van der Waals surface area contributed by atoms with Crippen molar-refractivity contribution in [2.45, 2.75) is 0 Å². The molecule has 3 nitrogen and oxygen atoms in total. The molecule has 1 aromatic heterocycles. The van der Waals surface area contributed by atoms with Crippen LogP contribution in [0.15, 0.2) is 65.2 Å². The standard InChI is InChI=1S/C15H10ClNO2/c16-15-10-14(17-19-15)11-5-4-8-13(9-11)18-12-6-2-1-3-7-12/h1-10H. The van der Waals surface area contributed by atoms with Crippen molar-refractivity contribution in [3.05, 3.63) is 65.9 Å². The summed E-state index contributed by atoms with van der Waals surface area (Å²) in [6.07, 6.45) is 0. The van der Waals surface area contributed by atoms with E-state index >= 15 is 0 Å². The average Bonchev–Trinajstić information content (AvgIpc) is 2.87. The van der Waals surface area contributed by atoms with E-state index in [4.69, 9.17) is 20.9 Å². The molecule has 1 heterocycles. The number of nitrogens with zero attached hydrogens (tertiary/aromatic N) is 1. The molecule has 0 unspecified atom stereocenters. The number of halogens is 1. The minimum atomic E-state index is 0.268. The fourth-order valence-corrected chi connectivity index (χ4v) is 1.87. The molecule has 4 heteroatoms. The highest BCUT2D eigenvalue weighted by Gasteiger charge is 2.06. The molecule has 94 valence electrons. The van der Waals surface area contributed by atoms with Crippen LogP contribution >= 0.6 is 11.6 Å². The van der Waals surface area contributed by atoms with E-state index in [2.05, 4.69) is 5.16 Å². The molecule has 0 aliphatic carbocycles. The summed E-state index contributed by atoms with van der Waals surface area (Å²) in [5, 5.41) is 4.14. The monoisotopic (exact) mass is 271 g/mol. The van der Waals surface area contributed by atoms with Crippen molar-refractivity contribution in [2.75, 3.05) is 0 Å². The van der Waals surface area contributed by atoms with Crippen molar-refractivity contribution in [1.82, 2.24) is 5.16 Å². The highest BCUT2D eigenvalue weighted by molar-refractivity contribution is 6.29. The summed E-state index contributed by atoms with van der Waals surface area (Å²) in [6.45, 7) is 0. The summed E-state index contributed by atoms with van der Waals surface area (Å²) in [5.74, 6) is 1.53. The summed E-state index contributed by atoms with van der Waals surface area (Å²) in [7, 11) is 0. The van der Waals surface area contributed by atoms with E-state index in [1.54, 1.807) is 6.07 Å². The Morgan fingerprint density at radius 1 is 0.895 bits per heavy atom. The van der Waals surface area contributed by atoms with Crippen LogP contribution in [0.4, 0.5) is 0 Å². The van der Waals surface area contributed by atoms with Crippen LogP contribution in [0, 0.1) is 0 Å². The Kier molecular flexibility index (Phi) is 3.21. The van der Waals surface area contributed by atoms with Crippen LogP contribution in [0.5, 0.6) is 11.5 Å². The third-order valence-electron chi connectivity index (χ3n) is 2.59. The fourth-order valence-electron chi connectivity index (χ4n) is 1.73. The first-order chi connectivity index (χ1) is 9.31. The zero-order valence-electron chi connectivity index (χ0n) is 9.92. The van der Waals surface area contributed by atoms with Gasteiger partial charge in [0.1, 0.15) is 17.2 Å². The zero-order valence-corrected chi connectivity index (χ0v) is 10.7. The number of benzene rings is 2. The van der Waals surface area contributed by atoms with Crippen molar-refractivity contribution < 1.29 is 9.26 Å². The molecular formula is C15H10ClNO2. The molecule has 2 aromatic carbocycles. The Morgan fingerprint density at radius 2 is 1.68 bits per heavy atom. The molecule has 0 aliphatic rings. The van der Waals surface area contributed by atoms with Crippen molar-refractivity contribution >= 4 is 11.6 Å². The molecule has 0 bridgehead atoms. The van der Waals surface area contributed by atoms with Crippen LogP contribution in [-0.4, -0.2) is 5.16 Å². The molecule has 0 saturated heterocycles. The molecule has 3 aromatic rings. The van der Waals surface area contributed by atoms with Gasteiger partial charge in [0.25, 0.3) is 0 Å². The van der Waals surface area contributed by atoms with Crippen LogP contribution in [-0.2, 0) is 0 Å². The highest BCUT2D eigenvalue weighted by Crippen LogP contribution is 2.27. The van der Waals surface area contributed by atoms with Crippen LogP contribution in [0.3, 0.4) is 0 Å². The molecule has 19 heavy (non-hydrogen) atoms. The predicted octanol–water partition coefficient (Wildman–Crippen LogP) is 4.79. The fraction of sp³-hybridized carbons (Fsp3) is 0. The molecule has 0 radical (unpaired) electrons. The van der Waals surface area contributed by atoms with Crippen LogP contribution in [0.1, 0.15) is 0 Å². The molecule has 0 N–H and O–H groups in total. The van der Waals surface area contributed by atoms with Gasteiger partial charge in [-0.15, -0.1) is 0 Å². The van der Waals surface area contributed by atoms with Gasteiger partial charge in [-0.1, -0.05) is 35.5 Å². The molecule has 0 saturated carbocycles. The van der Waals surface area contributed by atoms with Gasteiger partial charge < -0.3 is 9.26 Å². The van der Waals surface area contributed by atoms with Gasteiger partial charge in [0, 0.05) is 11.6 Å². The average molecular weight is 272 g/mol. The molecule has 0 amide bonds. The van der Waals surface area contributed by atoms with Gasteiger partial charge in [-0.05, 0) is 35.9 Å². The minimum Gasteiger partial charge on any atom is -0.457 e. The Bertz CT molecular complexity index is 679. The second-order valence-corrected chi connectivity index (χ2v) is 4.33. The lowest BCUT2D eigenvalue weighted by atomic mass is 10.1. The predicted molar refractivity (Wildman–Crippen MR) is 73.5 cm³/mol. The van der Waals surface area contributed by atoms with E-state index in [-0.39, 0.29) is 5.22 Å². The summed E-state index contributed by atoms with van der Waals surface area (Å²) >= 11 is 5.72. The van der Waals surface area contributed by atoms with E-state index in [1.165, 1.54) is 0 Å². The van der Waals surface area contributed by atoms with Gasteiger partial charge in [-0.3, -0.25) is 0 Å². The number of ether oxygens (including phenoxy) is 1.